The molecular formula is C18H19F3N6O. The number of fused-ring (bicyclic) bond motifs is 1. The number of hydrogen-bond donors (Lipinski definition) is 0. The van der Waals surface area contributed by atoms with Crippen molar-refractivity contribution in [3.8, 4) is 0 Å². The first-order valence-electron chi connectivity index (χ1n) is 9.01. The van der Waals surface area contributed by atoms with Gasteiger partial charge in [0.1, 0.15) is 6.54 Å². The lowest BCUT2D eigenvalue weighted by Gasteiger charge is -2.33. The molecule has 0 saturated carbocycles. The van der Waals surface area contributed by atoms with Crippen molar-refractivity contribution in [2.75, 3.05) is 13.1 Å². The average molecular weight is 392 g/mol. The summed E-state index contributed by atoms with van der Waals surface area (Å²) in [6.45, 7) is 2.79. The third kappa shape index (κ3) is 3.46. The number of alkyl halides is 3. The Labute approximate surface area is 158 Å². The Bertz CT molecular complexity index is 1010. The van der Waals surface area contributed by atoms with Crippen molar-refractivity contribution in [1.29, 1.82) is 0 Å². The molecule has 1 atom stereocenters. The lowest BCUT2D eigenvalue weighted by molar-refractivity contribution is -0.142. The molecule has 0 bridgehead atoms. The molecule has 0 aliphatic carbocycles. The highest BCUT2D eigenvalue weighted by Gasteiger charge is 2.35. The largest absolute Gasteiger partial charge is 0.435 e. The van der Waals surface area contributed by atoms with E-state index in [1.807, 2.05) is 19.1 Å². The number of likely N-dealkylation sites (tertiary alicyclic amines) is 1. The number of hydrogen-bond acceptors (Lipinski definition) is 4. The van der Waals surface area contributed by atoms with E-state index in [0.717, 1.165) is 17.1 Å². The quantitative estimate of drug-likeness (QED) is 0.687. The first-order valence-corrected chi connectivity index (χ1v) is 9.01. The number of pyridine rings is 1. The fourth-order valence-electron chi connectivity index (χ4n) is 3.60. The van der Waals surface area contributed by atoms with Gasteiger partial charge in [-0.3, -0.25) is 9.48 Å². The van der Waals surface area contributed by atoms with Gasteiger partial charge in [0.2, 0.25) is 5.91 Å². The first kappa shape index (κ1) is 18.5. The van der Waals surface area contributed by atoms with Gasteiger partial charge in [-0.15, -0.1) is 0 Å². The lowest BCUT2D eigenvalue weighted by atomic mass is 10.1. The van der Waals surface area contributed by atoms with E-state index >= 15 is 0 Å². The second kappa shape index (κ2) is 6.92. The molecule has 3 aromatic rings. The molecule has 0 N–H and O–H groups in total. The summed E-state index contributed by atoms with van der Waals surface area (Å²) in [6, 6.07) is 4.41. The highest BCUT2D eigenvalue weighted by Crippen LogP contribution is 2.29. The van der Waals surface area contributed by atoms with Crippen LogP contribution < -0.4 is 0 Å². The molecule has 4 heterocycles. The third-order valence-electron chi connectivity index (χ3n) is 5.00. The Morgan fingerprint density at radius 3 is 2.86 bits per heavy atom. The number of amides is 1. The van der Waals surface area contributed by atoms with Crippen LogP contribution in [0.2, 0.25) is 0 Å². The SMILES string of the molecule is Cc1nn(CC(=O)N2CCCC(n3ccc(C(F)(F)F)n3)C2)c2ncccc12. The van der Waals surface area contributed by atoms with Crippen LogP contribution in [0.15, 0.2) is 30.6 Å². The summed E-state index contributed by atoms with van der Waals surface area (Å²) in [6.07, 6.45) is -0.114. The molecule has 1 aliphatic heterocycles. The first-order chi connectivity index (χ1) is 13.3. The van der Waals surface area contributed by atoms with Crippen LogP contribution in [0.1, 0.15) is 30.3 Å². The maximum atomic E-state index is 12.8. The molecule has 3 aromatic heterocycles. The fourth-order valence-corrected chi connectivity index (χ4v) is 3.60. The zero-order chi connectivity index (χ0) is 19.9. The molecule has 4 rings (SSSR count). The number of aromatic nitrogens is 5. The summed E-state index contributed by atoms with van der Waals surface area (Å²) in [4.78, 5) is 18.7. The van der Waals surface area contributed by atoms with E-state index in [9.17, 15) is 18.0 Å². The van der Waals surface area contributed by atoms with Gasteiger partial charge >= 0.3 is 6.18 Å². The molecule has 1 aliphatic rings. The predicted octanol–water partition coefficient (Wildman–Crippen LogP) is 2.82. The second-order valence-corrected chi connectivity index (χ2v) is 6.93. The van der Waals surface area contributed by atoms with Crippen molar-refractivity contribution in [3.05, 3.63) is 42.0 Å². The molecular weight excluding hydrogens is 373 g/mol. The number of nitrogens with zero attached hydrogens (tertiary/aromatic N) is 6. The van der Waals surface area contributed by atoms with E-state index in [-0.39, 0.29) is 18.5 Å². The van der Waals surface area contributed by atoms with Crippen molar-refractivity contribution >= 4 is 16.9 Å². The molecule has 1 unspecified atom stereocenters. The summed E-state index contributed by atoms with van der Waals surface area (Å²) >= 11 is 0. The Morgan fingerprint density at radius 2 is 2.11 bits per heavy atom. The van der Waals surface area contributed by atoms with Crippen molar-refractivity contribution in [3.63, 3.8) is 0 Å². The van der Waals surface area contributed by atoms with Crippen LogP contribution in [0.3, 0.4) is 0 Å². The zero-order valence-corrected chi connectivity index (χ0v) is 15.2. The van der Waals surface area contributed by atoms with Crippen molar-refractivity contribution in [1.82, 2.24) is 29.4 Å². The van der Waals surface area contributed by atoms with Crippen LogP contribution >= 0.6 is 0 Å². The number of carbonyl (C=O) groups is 1. The van der Waals surface area contributed by atoms with Gasteiger partial charge in [0, 0.05) is 30.9 Å². The number of carbonyl (C=O) groups excluding carboxylic acids is 1. The molecule has 0 radical (unpaired) electrons. The van der Waals surface area contributed by atoms with Crippen LogP contribution in [0, 0.1) is 6.92 Å². The Balaban J connectivity index is 1.48. The number of piperidine rings is 1. The predicted molar refractivity (Wildman–Crippen MR) is 94.3 cm³/mol. The molecule has 1 fully saturated rings. The van der Waals surface area contributed by atoms with E-state index in [1.54, 1.807) is 15.8 Å². The van der Waals surface area contributed by atoms with Crippen LogP contribution in [0.25, 0.3) is 11.0 Å². The normalized spacial score (nSPS) is 18.0. The summed E-state index contributed by atoms with van der Waals surface area (Å²) in [5.41, 5.74) is 0.521. The Hall–Kier alpha value is -2.91. The van der Waals surface area contributed by atoms with Gasteiger partial charge < -0.3 is 4.90 Å². The highest BCUT2D eigenvalue weighted by molar-refractivity contribution is 5.81. The number of aryl methyl sites for hydroxylation is 1. The minimum Gasteiger partial charge on any atom is -0.339 e. The molecule has 0 spiro atoms. The maximum Gasteiger partial charge on any atom is 0.435 e. The highest BCUT2D eigenvalue weighted by atomic mass is 19.4. The van der Waals surface area contributed by atoms with Gasteiger partial charge in [-0.1, -0.05) is 0 Å². The van der Waals surface area contributed by atoms with E-state index in [2.05, 4.69) is 15.2 Å². The molecule has 1 amide bonds. The van der Waals surface area contributed by atoms with E-state index in [4.69, 9.17) is 0 Å². The van der Waals surface area contributed by atoms with Crippen molar-refractivity contribution in [2.45, 2.75) is 38.5 Å². The van der Waals surface area contributed by atoms with Crippen LogP contribution in [0.5, 0.6) is 0 Å². The molecule has 0 aromatic carbocycles. The van der Waals surface area contributed by atoms with Crippen molar-refractivity contribution in [2.24, 2.45) is 0 Å². The monoisotopic (exact) mass is 392 g/mol. The van der Waals surface area contributed by atoms with Crippen LogP contribution in [-0.2, 0) is 17.5 Å². The minimum absolute atomic E-state index is 0.0426. The Kier molecular flexibility index (Phi) is 4.56. The fraction of sp³-hybridized carbons (Fsp3) is 0.444. The van der Waals surface area contributed by atoms with Gasteiger partial charge in [0.25, 0.3) is 0 Å². The standard InChI is InChI=1S/C18H19F3N6O/c1-12-14-5-2-7-22-17(14)27(23-12)11-16(28)25-8-3-4-13(10-25)26-9-6-15(24-26)18(19,20)21/h2,5-7,9,13H,3-4,8,10-11H2,1H3. The topological polar surface area (TPSA) is 68.8 Å². The third-order valence-corrected chi connectivity index (χ3v) is 5.00. The molecule has 148 valence electrons. The molecule has 10 heteroatoms. The smallest absolute Gasteiger partial charge is 0.339 e. The summed E-state index contributed by atoms with van der Waals surface area (Å²) in [5.74, 6) is -0.136. The summed E-state index contributed by atoms with van der Waals surface area (Å²) in [7, 11) is 0. The maximum absolute atomic E-state index is 12.8. The van der Waals surface area contributed by atoms with E-state index in [1.165, 1.54) is 10.9 Å². The number of rotatable bonds is 3. The summed E-state index contributed by atoms with van der Waals surface area (Å²) in [5, 5.41) is 8.94. The number of halogens is 3. The van der Waals surface area contributed by atoms with Crippen LogP contribution in [-0.4, -0.2) is 48.4 Å². The van der Waals surface area contributed by atoms with Gasteiger partial charge in [-0.25, -0.2) is 9.67 Å². The van der Waals surface area contributed by atoms with E-state index < -0.39 is 11.9 Å². The second-order valence-electron chi connectivity index (χ2n) is 6.93. The van der Waals surface area contributed by atoms with Gasteiger partial charge in [-0.2, -0.15) is 23.4 Å². The van der Waals surface area contributed by atoms with Gasteiger partial charge in [-0.05, 0) is 38.0 Å². The van der Waals surface area contributed by atoms with Crippen molar-refractivity contribution < 1.29 is 18.0 Å². The van der Waals surface area contributed by atoms with Gasteiger partial charge in [0.05, 0.1) is 11.7 Å². The van der Waals surface area contributed by atoms with E-state index in [0.29, 0.717) is 31.6 Å². The lowest BCUT2D eigenvalue weighted by Crippen LogP contribution is -2.42. The van der Waals surface area contributed by atoms with Crippen LogP contribution in [0.4, 0.5) is 13.2 Å². The Morgan fingerprint density at radius 1 is 1.29 bits per heavy atom. The summed E-state index contributed by atoms with van der Waals surface area (Å²) < 4.78 is 41.3. The van der Waals surface area contributed by atoms with Gasteiger partial charge in [0.15, 0.2) is 11.3 Å². The zero-order valence-electron chi connectivity index (χ0n) is 15.2. The average Bonchev–Trinajstić information content (AvgIpc) is 3.28. The molecule has 1 saturated heterocycles. The molecule has 7 nitrogen and oxygen atoms in total. The molecule has 28 heavy (non-hydrogen) atoms. The minimum atomic E-state index is -4.47.